The van der Waals surface area contributed by atoms with Crippen molar-refractivity contribution in [3.05, 3.63) is 0 Å². The maximum absolute atomic E-state index is 13.1. The summed E-state index contributed by atoms with van der Waals surface area (Å²) in [5.41, 5.74) is -1.30. The lowest BCUT2D eigenvalue weighted by Crippen LogP contribution is -2.64. The molecule has 0 rings (SSSR count). The lowest BCUT2D eigenvalue weighted by molar-refractivity contribution is -0.249. The summed E-state index contributed by atoms with van der Waals surface area (Å²) in [5, 5.41) is 9.55. The molecule has 0 radical (unpaired) electrons. The van der Waals surface area contributed by atoms with Crippen LogP contribution in [0.4, 0.5) is 17.6 Å². The minimum Gasteiger partial charge on any atom is -0.478 e. The van der Waals surface area contributed by atoms with E-state index in [9.17, 15) is 22.4 Å². The van der Waals surface area contributed by atoms with Crippen LogP contribution in [0.2, 0.25) is 0 Å². The average Bonchev–Trinajstić information content (AvgIpc) is 1.79. The number of alkyl halides is 4. The number of hydrogen-bond acceptors (Lipinski definition) is 2. The quantitative estimate of drug-likeness (QED) is 0.546. The summed E-state index contributed by atoms with van der Waals surface area (Å²) in [5.74, 6) is -7.01. The van der Waals surface area contributed by atoms with Gasteiger partial charge in [0, 0.05) is 5.54 Å². The van der Waals surface area contributed by atoms with Gasteiger partial charge in [0.05, 0.1) is 0 Å². The Balaban J connectivity index is 5.04. The van der Waals surface area contributed by atoms with E-state index in [4.69, 9.17) is 5.11 Å². The van der Waals surface area contributed by atoms with Gasteiger partial charge in [-0.25, -0.2) is 9.18 Å². The molecule has 14 heavy (non-hydrogen) atoms. The first-order valence-electron chi connectivity index (χ1n) is 3.68. The Bertz CT molecular complexity index is 233. The molecule has 84 valence electrons. The molecule has 2 N–H and O–H groups in total. The molecule has 0 heterocycles. The van der Waals surface area contributed by atoms with Gasteiger partial charge in [0.25, 0.3) is 0 Å². The van der Waals surface area contributed by atoms with Crippen LogP contribution in [0.3, 0.4) is 0 Å². The molecule has 0 aliphatic carbocycles. The SMILES string of the molecule is CC(C)(C)NC(F)(C(=O)O)C(F)(F)F. The molecular weight excluding hydrogens is 206 g/mol. The van der Waals surface area contributed by atoms with Gasteiger partial charge in [-0.1, -0.05) is 0 Å². The highest BCUT2D eigenvalue weighted by Gasteiger charge is 2.63. The number of halogens is 4. The Labute approximate surface area is 78.1 Å². The molecule has 0 spiro atoms. The average molecular weight is 217 g/mol. The number of aliphatic carboxylic acids is 1. The first kappa shape index (κ1) is 13.2. The van der Waals surface area contributed by atoms with Crippen molar-refractivity contribution >= 4 is 5.97 Å². The zero-order valence-electron chi connectivity index (χ0n) is 7.87. The van der Waals surface area contributed by atoms with E-state index in [1.165, 1.54) is 26.1 Å². The van der Waals surface area contributed by atoms with Crippen LogP contribution in [0.5, 0.6) is 0 Å². The second-order valence-corrected chi connectivity index (χ2v) is 3.84. The van der Waals surface area contributed by atoms with Crippen LogP contribution >= 0.6 is 0 Å². The fourth-order valence-electron chi connectivity index (χ4n) is 0.762. The number of carbonyl (C=O) groups is 1. The summed E-state index contributed by atoms with van der Waals surface area (Å²) in [4.78, 5) is 10.2. The van der Waals surface area contributed by atoms with Crippen LogP contribution in [0.25, 0.3) is 0 Å². The maximum atomic E-state index is 13.1. The second kappa shape index (κ2) is 3.38. The predicted octanol–water partition coefficient (Wildman–Crippen LogP) is 1.69. The van der Waals surface area contributed by atoms with Gasteiger partial charge in [0.1, 0.15) is 0 Å². The molecule has 7 heteroatoms. The highest BCUT2D eigenvalue weighted by atomic mass is 19.4. The Hall–Kier alpha value is -0.850. The number of carboxylic acid groups (broad SMARTS) is 1. The van der Waals surface area contributed by atoms with Crippen molar-refractivity contribution in [2.45, 2.75) is 38.3 Å². The van der Waals surface area contributed by atoms with Crippen molar-refractivity contribution < 1.29 is 27.5 Å². The van der Waals surface area contributed by atoms with Crippen molar-refractivity contribution in [1.29, 1.82) is 0 Å². The summed E-state index contributed by atoms with van der Waals surface area (Å²) in [7, 11) is 0. The third-order valence-electron chi connectivity index (χ3n) is 1.23. The van der Waals surface area contributed by atoms with E-state index in [0.29, 0.717) is 0 Å². The molecule has 0 saturated carbocycles. The molecule has 0 saturated heterocycles. The minimum absolute atomic E-state index is 1.23. The van der Waals surface area contributed by atoms with Gasteiger partial charge < -0.3 is 5.11 Å². The first-order valence-corrected chi connectivity index (χ1v) is 3.68. The predicted molar refractivity (Wildman–Crippen MR) is 40.4 cm³/mol. The van der Waals surface area contributed by atoms with Crippen molar-refractivity contribution in [3.63, 3.8) is 0 Å². The molecule has 0 fully saturated rings. The fourth-order valence-corrected chi connectivity index (χ4v) is 0.762. The van der Waals surface area contributed by atoms with Crippen LogP contribution < -0.4 is 5.32 Å². The van der Waals surface area contributed by atoms with Crippen LogP contribution in [0, 0.1) is 0 Å². The topological polar surface area (TPSA) is 49.3 Å². The van der Waals surface area contributed by atoms with Crippen molar-refractivity contribution in [2.75, 3.05) is 0 Å². The number of rotatable bonds is 2. The Kier molecular flexibility index (Phi) is 3.17. The fraction of sp³-hybridized carbons (Fsp3) is 0.857. The lowest BCUT2D eigenvalue weighted by Gasteiger charge is -2.32. The number of hydrogen-bond donors (Lipinski definition) is 2. The molecule has 0 aromatic carbocycles. The summed E-state index contributed by atoms with van der Waals surface area (Å²) < 4.78 is 49.3. The maximum Gasteiger partial charge on any atom is 0.448 e. The van der Waals surface area contributed by atoms with Gasteiger partial charge in [0.2, 0.25) is 0 Å². The summed E-state index contributed by atoms with van der Waals surface area (Å²) >= 11 is 0. The van der Waals surface area contributed by atoms with E-state index in [0.717, 1.165) is 0 Å². The van der Waals surface area contributed by atoms with E-state index < -0.39 is 23.5 Å². The minimum atomic E-state index is -5.49. The number of carboxylic acids is 1. The second-order valence-electron chi connectivity index (χ2n) is 3.84. The number of nitrogens with one attached hydrogen (secondary N) is 1. The molecule has 0 amide bonds. The van der Waals surface area contributed by atoms with Crippen LogP contribution in [-0.2, 0) is 4.79 Å². The normalized spacial score (nSPS) is 17.6. The van der Waals surface area contributed by atoms with Crippen LogP contribution in [0.1, 0.15) is 20.8 Å². The molecule has 1 atom stereocenters. The van der Waals surface area contributed by atoms with Gasteiger partial charge in [-0.15, -0.1) is 0 Å². The van der Waals surface area contributed by atoms with Gasteiger partial charge >= 0.3 is 17.9 Å². The van der Waals surface area contributed by atoms with Gasteiger partial charge in [-0.2, -0.15) is 13.2 Å². The Morgan fingerprint density at radius 2 is 1.50 bits per heavy atom. The Morgan fingerprint density at radius 3 is 1.57 bits per heavy atom. The zero-order valence-corrected chi connectivity index (χ0v) is 7.87. The zero-order chi connectivity index (χ0) is 11.8. The molecular formula is C7H11F4NO2. The highest BCUT2D eigenvalue weighted by molar-refractivity contribution is 5.78. The highest BCUT2D eigenvalue weighted by Crippen LogP contribution is 2.33. The van der Waals surface area contributed by atoms with E-state index in [2.05, 4.69) is 0 Å². The summed E-state index contributed by atoms with van der Waals surface area (Å²) in [6.07, 6.45) is -5.49. The first-order chi connectivity index (χ1) is 5.90. The Morgan fingerprint density at radius 1 is 1.14 bits per heavy atom. The molecule has 0 bridgehead atoms. The van der Waals surface area contributed by atoms with E-state index in [1.54, 1.807) is 0 Å². The van der Waals surface area contributed by atoms with E-state index in [1.807, 2.05) is 0 Å². The molecule has 0 aliphatic heterocycles. The van der Waals surface area contributed by atoms with Crippen LogP contribution in [0.15, 0.2) is 0 Å². The van der Waals surface area contributed by atoms with Gasteiger partial charge in [-0.3, -0.25) is 5.32 Å². The van der Waals surface area contributed by atoms with Crippen LogP contribution in [-0.4, -0.2) is 28.6 Å². The summed E-state index contributed by atoms with van der Waals surface area (Å²) in [6, 6.07) is 0. The smallest absolute Gasteiger partial charge is 0.448 e. The van der Waals surface area contributed by atoms with Crippen molar-refractivity contribution in [2.24, 2.45) is 0 Å². The van der Waals surface area contributed by atoms with Gasteiger partial charge in [0.15, 0.2) is 0 Å². The third-order valence-corrected chi connectivity index (χ3v) is 1.23. The molecule has 0 aromatic heterocycles. The third kappa shape index (κ3) is 2.83. The standard InChI is InChI=1S/C7H11F4NO2/c1-5(2,3)12-6(8,4(13)14)7(9,10)11/h12H,1-3H3,(H,13,14). The van der Waals surface area contributed by atoms with Crippen molar-refractivity contribution in [3.8, 4) is 0 Å². The molecule has 1 unspecified atom stereocenters. The van der Waals surface area contributed by atoms with E-state index >= 15 is 0 Å². The summed E-state index contributed by atoms with van der Waals surface area (Å²) in [6.45, 7) is 3.70. The largest absolute Gasteiger partial charge is 0.478 e. The molecule has 0 aromatic rings. The lowest BCUT2D eigenvalue weighted by atomic mass is 10.1. The molecule has 3 nitrogen and oxygen atoms in total. The van der Waals surface area contributed by atoms with Crippen molar-refractivity contribution in [1.82, 2.24) is 5.32 Å². The van der Waals surface area contributed by atoms with E-state index in [-0.39, 0.29) is 0 Å². The van der Waals surface area contributed by atoms with Gasteiger partial charge in [-0.05, 0) is 20.8 Å². The molecule has 0 aliphatic rings. The monoisotopic (exact) mass is 217 g/mol.